The van der Waals surface area contributed by atoms with Crippen LogP contribution in [0.3, 0.4) is 0 Å². The minimum Gasteiger partial charge on any atom is -0.480 e. The predicted octanol–water partition coefficient (Wildman–Crippen LogP) is 7.41. The van der Waals surface area contributed by atoms with Gasteiger partial charge >= 0.3 is 6.36 Å². The van der Waals surface area contributed by atoms with Crippen LogP contribution in [0.15, 0.2) is 84.0 Å². The first kappa shape index (κ1) is 26.6. The van der Waals surface area contributed by atoms with Crippen molar-refractivity contribution < 1.29 is 22.6 Å². The fourth-order valence-corrected chi connectivity index (χ4v) is 5.36. The minimum absolute atomic E-state index is 0.139. The molecule has 0 saturated heterocycles. The van der Waals surface area contributed by atoms with Crippen LogP contribution in [0, 0.1) is 0 Å². The first-order chi connectivity index (χ1) is 19.9. The lowest BCUT2D eigenvalue weighted by Gasteiger charge is -2.23. The van der Waals surface area contributed by atoms with E-state index in [1.807, 2.05) is 42.5 Å². The third-order valence-corrected chi connectivity index (χ3v) is 7.16. The molecule has 2 aliphatic carbocycles. The van der Waals surface area contributed by atoms with E-state index >= 15 is 0 Å². The van der Waals surface area contributed by atoms with Crippen LogP contribution in [-0.2, 0) is 0 Å². The Balaban J connectivity index is 1.63. The lowest BCUT2D eigenvalue weighted by atomic mass is 9.96. The number of halogens is 3. The number of nitrogens with one attached hydrogen (secondary N) is 1. The standard InChI is InChI=1S/C31H28F3N5O2/c1-40-30-22(13-9-17-35-30)38-23-18-25-28(19-24(23)36-20-10-3-2-4-11-20)39(26-14-6-5-12-21(26)37-25)27-15-7-8-16-29(27)41-31(32,33)34/h5-9,12-20,38H,2-4,10-11H2,1H3. The molecule has 2 heterocycles. The van der Waals surface area contributed by atoms with Crippen molar-refractivity contribution in [2.24, 2.45) is 4.99 Å². The molecule has 3 aliphatic rings. The summed E-state index contributed by atoms with van der Waals surface area (Å²) >= 11 is 0. The number of methoxy groups -OCH3 is 1. The van der Waals surface area contributed by atoms with Crippen LogP contribution < -0.4 is 20.1 Å². The van der Waals surface area contributed by atoms with Gasteiger partial charge in [-0.3, -0.25) is 4.99 Å². The molecule has 0 unspecified atom stereocenters. The predicted molar refractivity (Wildman–Crippen MR) is 151 cm³/mol. The van der Waals surface area contributed by atoms with Crippen molar-refractivity contribution in [1.82, 2.24) is 14.5 Å². The summed E-state index contributed by atoms with van der Waals surface area (Å²) in [6.07, 6.45) is 2.15. The van der Waals surface area contributed by atoms with Crippen LogP contribution in [0.4, 0.5) is 24.5 Å². The molecule has 1 N–H and O–H groups in total. The van der Waals surface area contributed by atoms with Gasteiger partial charge in [0.1, 0.15) is 5.69 Å². The van der Waals surface area contributed by atoms with E-state index in [-0.39, 0.29) is 17.5 Å². The van der Waals surface area contributed by atoms with Crippen molar-refractivity contribution in [3.63, 3.8) is 0 Å². The summed E-state index contributed by atoms with van der Waals surface area (Å²) in [4.78, 5) is 14.3. The van der Waals surface area contributed by atoms with Crippen LogP contribution in [-0.4, -0.2) is 34.0 Å². The summed E-state index contributed by atoms with van der Waals surface area (Å²) in [5.41, 5.74) is 4.01. The maximum atomic E-state index is 13.4. The van der Waals surface area contributed by atoms with Gasteiger partial charge in [-0.15, -0.1) is 13.2 Å². The van der Waals surface area contributed by atoms with Gasteiger partial charge in [-0.05, 0) is 61.4 Å². The van der Waals surface area contributed by atoms with Crippen molar-refractivity contribution in [2.45, 2.75) is 44.5 Å². The Hall–Kier alpha value is -4.60. The monoisotopic (exact) mass is 559 g/mol. The molecule has 1 aromatic heterocycles. The molecule has 3 aromatic rings. The van der Waals surface area contributed by atoms with E-state index < -0.39 is 6.36 Å². The van der Waals surface area contributed by atoms with Crippen molar-refractivity contribution in [3.05, 3.63) is 84.4 Å². The van der Waals surface area contributed by atoms with Gasteiger partial charge in [-0.2, -0.15) is 0 Å². The van der Waals surface area contributed by atoms with Crippen LogP contribution >= 0.6 is 0 Å². The Morgan fingerprint density at radius 1 is 0.927 bits per heavy atom. The quantitative estimate of drug-likeness (QED) is 0.219. The summed E-state index contributed by atoms with van der Waals surface area (Å²) in [7, 11) is 1.55. The number of hydrogen-bond acceptors (Lipinski definition) is 6. The molecule has 0 atom stereocenters. The maximum Gasteiger partial charge on any atom is 0.573 e. The largest absolute Gasteiger partial charge is 0.573 e. The Morgan fingerprint density at radius 2 is 1.71 bits per heavy atom. The highest BCUT2D eigenvalue weighted by Crippen LogP contribution is 2.36. The maximum absolute atomic E-state index is 13.4. The summed E-state index contributed by atoms with van der Waals surface area (Å²) in [5, 5.41) is 4.10. The molecule has 7 nitrogen and oxygen atoms in total. The number of fused-ring (bicyclic) bond motifs is 2. The van der Waals surface area contributed by atoms with Gasteiger partial charge in [-0.25, -0.2) is 9.97 Å². The number of anilines is 2. The Kier molecular flexibility index (Phi) is 7.21. The average Bonchev–Trinajstić information content (AvgIpc) is 2.97. The number of ether oxygens (including phenoxy) is 2. The van der Waals surface area contributed by atoms with Crippen LogP contribution in [0.2, 0.25) is 0 Å². The third kappa shape index (κ3) is 5.68. The highest BCUT2D eigenvalue weighted by Gasteiger charge is 2.33. The second-order valence-electron chi connectivity index (χ2n) is 9.92. The number of hydrogen-bond donors (Lipinski definition) is 1. The number of alkyl halides is 3. The second-order valence-corrected chi connectivity index (χ2v) is 9.92. The van der Waals surface area contributed by atoms with E-state index in [9.17, 15) is 13.2 Å². The van der Waals surface area contributed by atoms with Gasteiger partial charge in [0.25, 0.3) is 0 Å². The Morgan fingerprint density at radius 3 is 2.51 bits per heavy atom. The van der Waals surface area contributed by atoms with Crippen LogP contribution in [0.5, 0.6) is 11.6 Å². The number of benzene rings is 3. The van der Waals surface area contributed by atoms with Gasteiger partial charge in [0.15, 0.2) is 5.75 Å². The number of pyridine rings is 1. The number of para-hydroxylation sites is 4. The van der Waals surface area contributed by atoms with Gasteiger partial charge in [0, 0.05) is 6.20 Å². The minimum atomic E-state index is -4.85. The molecule has 1 aliphatic heterocycles. The van der Waals surface area contributed by atoms with E-state index in [1.54, 1.807) is 36.1 Å². The lowest BCUT2D eigenvalue weighted by molar-refractivity contribution is -0.274. The zero-order valence-electron chi connectivity index (χ0n) is 22.4. The lowest BCUT2D eigenvalue weighted by Crippen LogP contribution is -2.21. The zero-order chi connectivity index (χ0) is 28.4. The van der Waals surface area contributed by atoms with Crippen molar-refractivity contribution in [2.75, 3.05) is 12.4 Å². The average molecular weight is 560 g/mol. The highest BCUT2D eigenvalue weighted by atomic mass is 19.4. The molecular weight excluding hydrogens is 531 g/mol. The zero-order valence-corrected chi connectivity index (χ0v) is 22.4. The molecule has 10 heteroatoms. The van der Waals surface area contributed by atoms with E-state index in [2.05, 4.69) is 15.0 Å². The second kappa shape index (κ2) is 11.1. The summed E-state index contributed by atoms with van der Waals surface area (Å²) in [5.74, 6) is 0.117. The van der Waals surface area contributed by atoms with Crippen LogP contribution in [0.25, 0.3) is 28.1 Å². The number of rotatable bonds is 6. The van der Waals surface area contributed by atoms with Gasteiger partial charge in [0.2, 0.25) is 5.88 Å². The summed E-state index contributed by atoms with van der Waals surface area (Å²) in [6.45, 7) is 0. The topological polar surface area (TPSA) is 73.6 Å². The first-order valence-electron chi connectivity index (χ1n) is 13.5. The first-order valence-corrected chi connectivity index (χ1v) is 13.5. The van der Waals surface area contributed by atoms with Crippen molar-refractivity contribution in [3.8, 4) is 28.7 Å². The summed E-state index contributed by atoms with van der Waals surface area (Å²) in [6, 6.07) is 21.0. The molecule has 41 heavy (non-hydrogen) atoms. The van der Waals surface area contributed by atoms with E-state index in [4.69, 9.17) is 14.7 Å². The SMILES string of the molecule is COc1ncccc1Nc1cc2nc3ccccc3n(-c3ccccc3OC(F)(F)F)c-2cc1=NC1CCCCC1. The van der Waals surface area contributed by atoms with Crippen LogP contribution in [0.1, 0.15) is 32.1 Å². The molecule has 210 valence electrons. The molecule has 0 spiro atoms. The number of nitrogens with zero attached hydrogens (tertiary/aromatic N) is 4. The number of aromatic nitrogens is 3. The van der Waals surface area contributed by atoms with E-state index in [0.29, 0.717) is 45.0 Å². The summed E-state index contributed by atoms with van der Waals surface area (Å²) < 4.78 is 52.0. The van der Waals surface area contributed by atoms with Gasteiger partial charge in [0.05, 0.1) is 52.3 Å². The Labute approximate surface area is 234 Å². The van der Waals surface area contributed by atoms with E-state index in [0.717, 1.165) is 25.7 Å². The fraction of sp³-hybridized carbons (Fsp3) is 0.258. The smallest absolute Gasteiger partial charge is 0.480 e. The molecule has 0 bridgehead atoms. The molecule has 6 rings (SSSR count). The molecule has 1 saturated carbocycles. The van der Waals surface area contributed by atoms with Gasteiger partial charge in [-0.1, -0.05) is 43.5 Å². The molecule has 1 fully saturated rings. The molecule has 0 radical (unpaired) electrons. The molecule has 0 amide bonds. The highest BCUT2D eigenvalue weighted by molar-refractivity contribution is 5.85. The molecular formula is C31H28F3N5O2. The fourth-order valence-electron chi connectivity index (χ4n) is 5.36. The third-order valence-electron chi connectivity index (χ3n) is 7.16. The van der Waals surface area contributed by atoms with Crippen molar-refractivity contribution >= 4 is 22.4 Å². The van der Waals surface area contributed by atoms with Crippen molar-refractivity contribution in [1.29, 1.82) is 0 Å². The molecule has 2 aromatic carbocycles. The van der Waals surface area contributed by atoms with Gasteiger partial charge < -0.3 is 19.4 Å². The van der Waals surface area contributed by atoms with E-state index in [1.165, 1.54) is 18.6 Å². The normalized spacial score (nSPS) is 14.9. The Bertz CT molecular complexity index is 1730.